The summed E-state index contributed by atoms with van der Waals surface area (Å²) >= 11 is 0. The van der Waals surface area contributed by atoms with Crippen LogP contribution in [0.2, 0.25) is 0 Å². The Kier molecular flexibility index (Phi) is 4.70. The lowest BCUT2D eigenvalue weighted by atomic mass is 9.85. The Balaban J connectivity index is 2.64. The number of carbonyl (C=O) groups excluding carboxylic acids is 1. The highest BCUT2D eigenvalue weighted by atomic mass is 16.4. The highest BCUT2D eigenvalue weighted by Crippen LogP contribution is 2.25. The van der Waals surface area contributed by atoms with E-state index in [4.69, 9.17) is 5.11 Å². The number of carbonyl (C=O) groups is 2. The van der Waals surface area contributed by atoms with Gasteiger partial charge >= 0.3 is 5.97 Å². The summed E-state index contributed by atoms with van der Waals surface area (Å²) < 4.78 is 0. The van der Waals surface area contributed by atoms with Crippen LogP contribution in [-0.4, -0.2) is 17.0 Å². The smallest absolute Gasteiger partial charge is 0.303 e. The lowest BCUT2D eigenvalue weighted by Crippen LogP contribution is -2.24. The first-order chi connectivity index (χ1) is 8.69. The Morgan fingerprint density at radius 3 is 2.32 bits per heavy atom. The van der Waals surface area contributed by atoms with Gasteiger partial charge < -0.3 is 10.4 Å². The highest BCUT2D eigenvalue weighted by molar-refractivity contribution is 5.91. The molecule has 1 aromatic rings. The second-order valence-electron chi connectivity index (χ2n) is 5.76. The lowest BCUT2D eigenvalue weighted by Gasteiger charge is -2.21. The van der Waals surface area contributed by atoms with Crippen molar-refractivity contribution in [1.82, 2.24) is 0 Å². The van der Waals surface area contributed by atoms with Gasteiger partial charge in [-0.2, -0.15) is 0 Å². The van der Waals surface area contributed by atoms with Crippen molar-refractivity contribution in [3.63, 3.8) is 0 Å². The molecule has 0 atom stereocenters. The predicted molar refractivity (Wildman–Crippen MR) is 75.2 cm³/mol. The largest absolute Gasteiger partial charge is 0.481 e. The summed E-state index contributed by atoms with van der Waals surface area (Å²) in [6.07, 6.45) is 0.166. The van der Waals surface area contributed by atoms with Crippen molar-refractivity contribution in [2.75, 3.05) is 5.32 Å². The third kappa shape index (κ3) is 5.12. The average molecular weight is 263 g/mol. The van der Waals surface area contributed by atoms with Crippen molar-refractivity contribution < 1.29 is 14.7 Å². The molecule has 4 heteroatoms. The van der Waals surface area contributed by atoms with E-state index in [-0.39, 0.29) is 18.7 Å². The Morgan fingerprint density at radius 1 is 1.16 bits per heavy atom. The van der Waals surface area contributed by atoms with Crippen LogP contribution in [0.5, 0.6) is 0 Å². The molecule has 0 aliphatic rings. The van der Waals surface area contributed by atoms with E-state index in [2.05, 4.69) is 5.32 Å². The maximum absolute atomic E-state index is 11.9. The molecule has 0 spiro atoms. The van der Waals surface area contributed by atoms with Crippen LogP contribution in [-0.2, 0) is 9.59 Å². The molecule has 0 aromatic heterocycles. The summed E-state index contributed by atoms with van der Waals surface area (Å²) in [5, 5.41) is 11.6. The fourth-order valence-corrected chi connectivity index (χ4v) is 1.93. The van der Waals surface area contributed by atoms with E-state index < -0.39 is 11.4 Å². The van der Waals surface area contributed by atoms with E-state index in [1.54, 1.807) is 13.8 Å². The van der Waals surface area contributed by atoms with Gasteiger partial charge in [0, 0.05) is 12.1 Å². The van der Waals surface area contributed by atoms with Crippen LogP contribution in [0.25, 0.3) is 0 Å². The van der Waals surface area contributed by atoms with Crippen LogP contribution in [0.4, 0.5) is 5.69 Å². The number of nitrogens with one attached hydrogen (secondary N) is 1. The molecule has 0 aliphatic carbocycles. The van der Waals surface area contributed by atoms with Crippen LogP contribution < -0.4 is 5.32 Å². The molecular formula is C15H21NO3. The van der Waals surface area contributed by atoms with Crippen LogP contribution >= 0.6 is 0 Å². The number of hydrogen-bond acceptors (Lipinski definition) is 2. The van der Waals surface area contributed by atoms with Gasteiger partial charge in [0.25, 0.3) is 0 Å². The maximum atomic E-state index is 11.9. The van der Waals surface area contributed by atoms with E-state index in [1.165, 1.54) is 5.56 Å². The third-order valence-corrected chi connectivity index (χ3v) is 3.06. The molecule has 0 radical (unpaired) electrons. The van der Waals surface area contributed by atoms with Crippen LogP contribution in [0.1, 0.15) is 37.8 Å². The standard InChI is InChI=1S/C15H21NO3/c1-10-5-6-12(7-11(10)2)16-13(17)8-15(3,4)9-14(18)19/h5-7H,8-9H2,1-4H3,(H,16,17)(H,18,19). The fourth-order valence-electron chi connectivity index (χ4n) is 1.93. The van der Waals surface area contributed by atoms with E-state index in [0.29, 0.717) is 0 Å². The normalized spacial score (nSPS) is 11.2. The fraction of sp³-hybridized carbons (Fsp3) is 0.467. The van der Waals surface area contributed by atoms with Gasteiger partial charge in [-0.25, -0.2) is 0 Å². The zero-order valence-electron chi connectivity index (χ0n) is 11.9. The van der Waals surface area contributed by atoms with Crippen LogP contribution in [0, 0.1) is 19.3 Å². The first kappa shape index (κ1) is 15.2. The second kappa shape index (κ2) is 5.87. The molecule has 1 amide bonds. The molecule has 2 N–H and O–H groups in total. The molecule has 0 aliphatic heterocycles. The van der Waals surface area contributed by atoms with Gasteiger partial charge in [-0.3, -0.25) is 9.59 Å². The van der Waals surface area contributed by atoms with E-state index in [9.17, 15) is 9.59 Å². The number of anilines is 1. The number of benzene rings is 1. The topological polar surface area (TPSA) is 66.4 Å². The first-order valence-corrected chi connectivity index (χ1v) is 6.28. The quantitative estimate of drug-likeness (QED) is 0.857. The van der Waals surface area contributed by atoms with Gasteiger partial charge in [0.05, 0.1) is 6.42 Å². The van der Waals surface area contributed by atoms with E-state index >= 15 is 0 Å². The number of aryl methyl sites for hydroxylation is 2. The zero-order chi connectivity index (χ0) is 14.6. The first-order valence-electron chi connectivity index (χ1n) is 6.28. The minimum absolute atomic E-state index is 0.0205. The average Bonchev–Trinajstić information content (AvgIpc) is 2.20. The minimum atomic E-state index is -0.885. The molecule has 1 aromatic carbocycles. The van der Waals surface area contributed by atoms with Gasteiger partial charge in [0.2, 0.25) is 5.91 Å². The molecule has 1 rings (SSSR count). The van der Waals surface area contributed by atoms with Gasteiger partial charge in [0.1, 0.15) is 0 Å². The highest BCUT2D eigenvalue weighted by Gasteiger charge is 2.25. The molecular weight excluding hydrogens is 242 g/mol. The van der Waals surface area contributed by atoms with Crippen molar-refractivity contribution in [1.29, 1.82) is 0 Å². The minimum Gasteiger partial charge on any atom is -0.481 e. The van der Waals surface area contributed by atoms with Crippen molar-refractivity contribution in [2.45, 2.75) is 40.5 Å². The maximum Gasteiger partial charge on any atom is 0.303 e. The summed E-state index contributed by atoms with van der Waals surface area (Å²) in [6, 6.07) is 5.72. The summed E-state index contributed by atoms with van der Waals surface area (Å²) in [5.74, 6) is -1.04. The molecule has 0 saturated heterocycles. The zero-order valence-corrected chi connectivity index (χ0v) is 11.9. The molecule has 0 bridgehead atoms. The molecule has 19 heavy (non-hydrogen) atoms. The Morgan fingerprint density at radius 2 is 1.79 bits per heavy atom. The second-order valence-corrected chi connectivity index (χ2v) is 5.76. The van der Waals surface area contributed by atoms with E-state index in [1.807, 2.05) is 32.0 Å². The van der Waals surface area contributed by atoms with Crippen molar-refractivity contribution >= 4 is 17.6 Å². The number of carboxylic acids is 1. The van der Waals surface area contributed by atoms with Crippen molar-refractivity contribution in [3.8, 4) is 0 Å². The van der Waals surface area contributed by atoms with Crippen molar-refractivity contribution in [2.24, 2.45) is 5.41 Å². The van der Waals surface area contributed by atoms with Gasteiger partial charge in [-0.05, 0) is 42.5 Å². The molecule has 0 unspecified atom stereocenters. The number of hydrogen-bond donors (Lipinski definition) is 2. The number of aliphatic carboxylic acids is 1. The molecule has 0 heterocycles. The van der Waals surface area contributed by atoms with Gasteiger partial charge in [-0.1, -0.05) is 19.9 Å². The summed E-state index contributed by atoms with van der Waals surface area (Å²) in [5.41, 5.74) is 2.49. The number of carboxylic acid groups (broad SMARTS) is 1. The van der Waals surface area contributed by atoms with Crippen LogP contribution in [0.15, 0.2) is 18.2 Å². The Bertz CT molecular complexity index is 492. The summed E-state index contributed by atoms with van der Waals surface area (Å²) in [7, 11) is 0. The molecule has 4 nitrogen and oxygen atoms in total. The van der Waals surface area contributed by atoms with Gasteiger partial charge in [-0.15, -0.1) is 0 Å². The van der Waals surface area contributed by atoms with E-state index in [0.717, 1.165) is 11.3 Å². The molecule has 0 saturated carbocycles. The van der Waals surface area contributed by atoms with Crippen molar-refractivity contribution in [3.05, 3.63) is 29.3 Å². The Hall–Kier alpha value is -1.84. The molecule has 0 fully saturated rings. The number of amides is 1. The SMILES string of the molecule is Cc1ccc(NC(=O)CC(C)(C)CC(=O)O)cc1C. The summed E-state index contributed by atoms with van der Waals surface area (Å²) in [6.45, 7) is 7.55. The predicted octanol–water partition coefficient (Wildman–Crippen LogP) is 3.13. The Labute approximate surface area is 113 Å². The monoisotopic (exact) mass is 263 g/mol. The molecule has 104 valence electrons. The van der Waals surface area contributed by atoms with Crippen LogP contribution in [0.3, 0.4) is 0 Å². The lowest BCUT2D eigenvalue weighted by molar-refractivity contribution is -0.139. The number of rotatable bonds is 5. The summed E-state index contributed by atoms with van der Waals surface area (Å²) in [4.78, 5) is 22.6. The van der Waals surface area contributed by atoms with Gasteiger partial charge in [0.15, 0.2) is 0 Å². The third-order valence-electron chi connectivity index (χ3n) is 3.06.